The van der Waals surface area contributed by atoms with Gasteiger partial charge in [-0.05, 0) is 37.8 Å². The van der Waals surface area contributed by atoms with Crippen LogP contribution in [0.25, 0.3) is 11.3 Å². The largest absolute Gasteiger partial charge is 0.367 e. The molecule has 1 aliphatic heterocycles. The maximum atomic E-state index is 12.3. The highest BCUT2D eigenvalue weighted by molar-refractivity contribution is 7.90. The number of H-pyrrole nitrogens is 2. The minimum Gasteiger partial charge on any atom is -0.367 e. The molecule has 2 aromatic heterocycles. The van der Waals surface area contributed by atoms with Crippen molar-refractivity contribution < 1.29 is 8.42 Å². The summed E-state index contributed by atoms with van der Waals surface area (Å²) in [6.07, 6.45) is 7.20. The molecular formula is C15H20N4O2S. The summed E-state index contributed by atoms with van der Waals surface area (Å²) in [5.74, 6) is 0.367. The van der Waals surface area contributed by atoms with Crippen LogP contribution in [0.15, 0.2) is 24.5 Å². The van der Waals surface area contributed by atoms with Gasteiger partial charge in [0, 0.05) is 42.7 Å². The van der Waals surface area contributed by atoms with E-state index < -0.39 is 10.0 Å². The summed E-state index contributed by atoms with van der Waals surface area (Å²) in [7, 11) is -3.02. The zero-order valence-electron chi connectivity index (χ0n) is 12.3. The van der Waals surface area contributed by atoms with Crippen LogP contribution >= 0.6 is 0 Å². The molecule has 4 rings (SSSR count). The molecule has 2 N–H and O–H groups in total. The number of nitrogens with zero attached hydrogens (tertiary/aromatic N) is 2. The van der Waals surface area contributed by atoms with Crippen LogP contribution in [0.2, 0.25) is 0 Å². The van der Waals surface area contributed by atoms with Gasteiger partial charge in [-0.25, -0.2) is 12.7 Å². The first-order valence-corrected chi connectivity index (χ1v) is 9.32. The lowest BCUT2D eigenvalue weighted by Crippen LogP contribution is -2.39. The van der Waals surface area contributed by atoms with Crippen molar-refractivity contribution in [3.63, 3.8) is 0 Å². The summed E-state index contributed by atoms with van der Waals surface area (Å²) in [6.45, 7) is 1.25. The highest BCUT2D eigenvalue weighted by Crippen LogP contribution is 2.35. The summed E-state index contributed by atoms with van der Waals surface area (Å²) < 4.78 is 26.2. The quantitative estimate of drug-likeness (QED) is 0.905. The molecule has 0 radical (unpaired) electrons. The van der Waals surface area contributed by atoms with Gasteiger partial charge in [-0.2, -0.15) is 5.10 Å². The Morgan fingerprint density at radius 3 is 2.59 bits per heavy atom. The zero-order valence-corrected chi connectivity index (χ0v) is 13.1. The molecule has 6 nitrogen and oxygen atoms in total. The van der Waals surface area contributed by atoms with Gasteiger partial charge in [0.2, 0.25) is 10.0 Å². The summed E-state index contributed by atoms with van der Waals surface area (Å²) >= 11 is 0. The molecule has 2 aromatic rings. The Balaban J connectivity index is 1.43. The molecule has 0 spiro atoms. The Kier molecular flexibility index (Phi) is 3.34. The van der Waals surface area contributed by atoms with Crippen LogP contribution in [0, 0.1) is 0 Å². The number of hydrogen-bond acceptors (Lipinski definition) is 3. The van der Waals surface area contributed by atoms with Gasteiger partial charge < -0.3 is 4.98 Å². The van der Waals surface area contributed by atoms with E-state index >= 15 is 0 Å². The Morgan fingerprint density at radius 2 is 1.95 bits per heavy atom. The maximum Gasteiger partial charge on any atom is 0.216 e. The minimum atomic E-state index is -3.02. The van der Waals surface area contributed by atoms with Crippen molar-refractivity contribution in [3.05, 3.63) is 30.2 Å². The number of rotatable bonds is 4. The molecule has 1 aliphatic carbocycles. The number of aromatic amines is 2. The number of aromatic nitrogens is 3. The third kappa shape index (κ3) is 2.48. The third-order valence-corrected chi connectivity index (χ3v) is 7.09. The Bertz CT molecular complexity index is 738. The molecule has 0 atom stereocenters. The van der Waals surface area contributed by atoms with Crippen LogP contribution < -0.4 is 0 Å². The Hall–Kier alpha value is -1.60. The first-order chi connectivity index (χ1) is 10.6. The maximum absolute atomic E-state index is 12.3. The topological polar surface area (TPSA) is 81.8 Å². The van der Waals surface area contributed by atoms with E-state index in [4.69, 9.17) is 0 Å². The van der Waals surface area contributed by atoms with Gasteiger partial charge in [0.25, 0.3) is 0 Å². The molecule has 0 unspecified atom stereocenters. The first kappa shape index (κ1) is 14.0. The molecule has 2 fully saturated rings. The lowest BCUT2D eigenvalue weighted by Gasteiger charge is -2.30. The number of hydrogen-bond donors (Lipinski definition) is 2. The minimum absolute atomic E-state index is 0.101. The van der Waals surface area contributed by atoms with Crippen molar-refractivity contribution in [1.29, 1.82) is 0 Å². The second kappa shape index (κ2) is 5.24. The molecule has 0 bridgehead atoms. The Labute approximate surface area is 130 Å². The molecule has 1 saturated heterocycles. The molecule has 118 valence electrons. The zero-order chi connectivity index (χ0) is 15.2. The molecule has 0 amide bonds. The Morgan fingerprint density at radius 1 is 1.18 bits per heavy atom. The van der Waals surface area contributed by atoms with Crippen LogP contribution in [0.1, 0.15) is 37.3 Å². The van der Waals surface area contributed by atoms with Gasteiger partial charge in [-0.1, -0.05) is 0 Å². The predicted molar refractivity (Wildman–Crippen MR) is 83.9 cm³/mol. The average molecular weight is 320 g/mol. The number of piperidine rings is 1. The molecule has 2 aliphatic rings. The van der Waals surface area contributed by atoms with Crippen LogP contribution in [0.4, 0.5) is 0 Å². The van der Waals surface area contributed by atoms with Crippen LogP contribution in [-0.4, -0.2) is 46.2 Å². The first-order valence-electron chi connectivity index (χ1n) is 7.82. The fourth-order valence-electron chi connectivity index (χ4n) is 3.17. The van der Waals surface area contributed by atoms with Crippen LogP contribution in [0.3, 0.4) is 0 Å². The molecule has 0 aromatic carbocycles. The van der Waals surface area contributed by atoms with Crippen molar-refractivity contribution >= 4 is 10.0 Å². The molecule has 22 heavy (non-hydrogen) atoms. The normalized spacial score (nSPS) is 21.3. The van der Waals surface area contributed by atoms with Crippen LogP contribution in [0.5, 0.6) is 0 Å². The lowest BCUT2D eigenvalue weighted by molar-refractivity contribution is 0.316. The van der Waals surface area contributed by atoms with Gasteiger partial charge in [0.15, 0.2) is 0 Å². The molecule has 1 saturated carbocycles. The fourth-order valence-corrected chi connectivity index (χ4v) is 5.05. The van der Waals surface area contributed by atoms with E-state index in [9.17, 15) is 8.42 Å². The highest BCUT2D eigenvalue weighted by atomic mass is 32.2. The van der Waals surface area contributed by atoms with Gasteiger partial charge >= 0.3 is 0 Å². The van der Waals surface area contributed by atoms with Crippen molar-refractivity contribution in [2.75, 3.05) is 13.1 Å². The number of nitrogens with one attached hydrogen (secondary N) is 2. The van der Waals surface area contributed by atoms with E-state index in [1.165, 1.54) is 0 Å². The summed E-state index contributed by atoms with van der Waals surface area (Å²) in [4.78, 5) is 3.03. The van der Waals surface area contributed by atoms with E-state index in [0.29, 0.717) is 19.0 Å². The third-order valence-electron chi connectivity index (χ3n) is 4.69. The van der Waals surface area contributed by atoms with Gasteiger partial charge in [-0.3, -0.25) is 5.10 Å². The van der Waals surface area contributed by atoms with E-state index in [2.05, 4.69) is 21.2 Å². The number of sulfonamides is 1. The van der Waals surface area contributed by atoms with Crippen molar-refractivity contribution in [1.82, 2.24) is 19.5 Å². The predicted octanol–water partition coefficient (Wildman–Crippen LogP) is 2.08. The second-order valence-corrected chi connectivity index (χ2v) is 8.44. The second-order valence-electron chi connectivity index (χ2n) is 6.23. The SMILES string of the molecule is O=S(=O)(C1CC1)N1CCC(c2cc(-c3cc[nH]c3)n[nH]2)CC1. The average Bonchev–Trinajstić information content (AvgIpc) is 3.06. The highest BCUT2D eigenvalue weighted by Gasteiger charge is 2.41. The standard InChI is InChI=1S/C15H20N4O2S/c20-22(21,13-1-2-13)19-7-4-11(5-8-19)14-9-15(18-17-14)12-3-6-16-10-12/h3,6,9-11,13,16H,1-2,4-5,7-8H2,(H,17,18). The monoisotopic (exact) mass is 320 g/mol. The van der Waals surface area contributed by atoms with Crippen molar-refractivity contribution in [2.45, 2.75) is 36.9 Å². The van der Waals surface area contributed by atoms with Crippen molar-refractivity contribution in [2.24, 2.45) is 0 Å². The van der Waals surface area contributed by atoms with E-state index in [-0.39, 0.29) is 5.25 Å². The van der Waals surface area contributed by atoms with Gasteiger partial charge in [0.1, 0.15) is 0 Å². The molecule has 7 heteroatoms. The lowest BCUT2D eigenvalue weighted by atomic mass is 9.94. The van der Waals surface area contributed by atoms with Gasteiger partial charge in [0.05, 0.1) is 10.9 Å². The van der Waals surface area contributed by atoms with E-state index in [0.717, 1.165) is 42.6 Å². The molecular weight excluding hydrogens is 300 g/mol. The smallest absolute Gasteiger partial charge is 0.216 e. The van der Waals surface area contributed by atoms with E-state index in [1.807, 2.05) is 18.5 Å². The summed E-state index contributed by atoms with van der Waals surface area (Å²) in [6, 6.07) is 4.07. The van der Waals surface area contributed by atoms with Crippen LogP contribution in [-0.2, 0) is 10.0 Å². The molecule has 3 heterocycles. The summed E-state index contributed by atoms with van der Waals surface area (Å²) in [5.41, 5.74) is 3.11. The summed E-state index contributed by atoms with van der Waals surface area (Å²) in [5, 5.41) is 7.38. The van der Waals surface area contributed by atoms with Gasteiger partial charge in [-0.15, -0.1) is 0 Å². The van der Waals surface area contributed by atoms with Crippen molar-refractivity contribution in [3.8, 4) is 11.3 Å². The van der Waals surface area contributed by atoms with E-state index in [1.54, 1.807) is 4.31 Å². The fraction of sp³-hybridized carbons (Fsp3) is 0.533.